The minimum absolute atomic E-state index is 0.213. The van der Waals surface area contributed by atoms with E-state index in [-0.39, 0.29) is 18.2 Å². The molecule has 0 unspecified atom stereocenters. The van der Waals surface area contributed by atoms with Crippen LogP contribution in [0.3, 0.4) is 0 Å². The summed E-state index contributed by atoms with van der Waals surface area (Å²) in [5.74, 6) is -0.874. The zero-order chi connectivity index (χ0) is 25.2. The summed E-state index contributed by atoms with van der Waals surface area (Å²) in [7, 11) is 0. The predicted molar refractivity (Wildman–Crippen MR) is 142 cm³/mol. The van der Waals surface area contributed by atoms with Crippen LogP contribution in [0.25, 0.3) is 32.1 Å². The third kappa shape index (κ3) is 4.76. The first-order chi connectivity index (χ1) is 17.4. The monoisotopic (exact) mass is 497 g/mol. The number of nitrogens with one attached hydrogen (secondary N) is 1. The molecule has 0 aliphatic rings. The molecule has 36 heavy (non-hydrogen) atoms. The van der Waals surface area contributed by atoms with Gasteiger partial charge in [-0.1, -0.05) is 42.5 Å². The number of benzene rings is 3. The quantitative estimate of drug-likeness (QED) is 0.314. The van der Waals surface area contributed by atoms with Crippen LogP contribution in [0.5, 0.6) is 0 Å². The maximum Gasteiger partial charge on any atom is 0.338 e. The summed E-state index contributed by atoms with van der Waals surface area (Å²) in [5.41, 5.74) is 2.21. The van der Waals surface area contributed by atoms with Gasteiger partial charge in [0.25, 0.3) is 5.56 Å². The number of anilines is 1. The van der Waals surface area contributed by atoms with Crippen molar-refractivity contribution in [2.24, 2.45) is 0 Å². The molecule has 5 rings (SSSR count). The van der Waals surface area contributed by atoms with Crippen LogP contribution in [0, 0.1) is 0 Å². The maximum atomic E-state index is 13.4. The lowest BCUT2D eigenvalue weighted by Crippen LogP contribution is -2.27. The molecule has 3 aromatic carbocycles. The van der Waals surface area contributed by atoms with E-state index in [2.05, 4.69) is 16.4 Å². The lowest BCUT2D eigenvalue weighted by atomic mass is 10.0. The third-order valence-corrected chi connectivity index (χ3v) is 6.55. The summed E-state index contributed by atoms with van der Waals surface area (Å²) < 4.78 is 6.51. The van der Waals surface area contributed by atoms with Crippen LogP contribution in [0.2, 0.25) is 0 Å². The smallest absolute Gasteiger partial charge is 0.338 e. The Morgan fingerprint density at radius 3 is 2.64 bits per heavy atom. The molecule has 2 heterocycles. The Balaban J connectivity index is 1.40. The minimum atomic E-state index is -0.467. The highest BCUT2D eigenvalue weighted by Crippen LogP contribution is 2.32. The fourth-order valence-corrected chi connectivity index (χ4v) is 4.92. The van der Waals surface area contributed by atoms with Crippen molar-refractivity contribution in [2.75, 3.05) is 5.32 Å². The second-order valence-electron chi connectivity index (χ2n) is 8.65. The first-order valence-electron chi connectivity index (χ1n) is 11.5. The Morgan fingerprint density at radius 2 is 1.83 bits per heavy atom. The topological polar surface area (TPSA) is 90.3 Å². The molecule has 0 saturated heterocycles. The molecule has 2 aromatic heterocycles. The van der Waals surface area contributed by atoms with E-state index in [4.69, 9.17) is 4.74 Å². The SMILES string of the molecule is CC(C)OC(=O)c1cccc(NC(=O)Cn2cnc3scc(-c4ccc5ccccc5c4)c3c2=O)c1. The summed E-state index contributed by atoms with van der Waals surface area (Å²) in [6, 6.07) is 20.6. The summed E-state index contributed by atoms with van der Waals surface area (Å²) in [4.78, 5) is 43.3. The molecule has 0 atom stereocenters. The number of nitrogens with zero attached hydrogens (tertiary/aromatic N) is 2. The Labute approximate surface area is 211 Å². The molecule has 180 valence electrons. The number of carbonyl (C=O) groups excluding carboxylic acids is 2. The zero-order valence-electron chi connectivity index (χ0n) is 19.7. The molecule has 0 saturated carbocycles. The van der Waals surface area contributed by atoms with Crippen molar-refractivity contribution >= 4 is 49.9 Å². The molecule has 0 aliphatic heterocycles. The van der Waals surface area contributed by atoms with E-state index in [1.807, 2.05) is 41.8 Å². The molecule has 1 amide bonds. The van der Waals surface area contributed by atoms with Crippen molar-refractivity contribution in [3.63, 3.8) is 0 Å². The van der Waals surface area contributed by atoms with Gasteiger partial charge in [0.15, 0.2) is 0 Å². The van der Waals surface area contributed by atoms with Gasteiger partial charge in [0.05, 0.1) is 23.4 Å². The van der Waals surface area contributed by atoms with Crippen molar-refractivity contribution in [1.82, 2.24) is 9.55 Å². The Bertz CT molecular complexity index is 1670. The van der Waals surface area contributed by atoms with Crippen molar-refractivity contribution in [3.8, 4) is 11.1 Å². The van der Waals surface area contributed by atoms with Gasteiger partial charge in [-0.05, 0) is 54.4 Å². The van der Waals surface area contributed by atoms with Crippen LogP contribution in [0.1, 0.15) is 24.2 Å². The largest absolute Gasteiger partial charge is 0.459 e. The van der Waals surface area contributed by atoms with Crippen molar-refractivity contribution in [2.45, 2.75) is 26.5 Å². The number of amides is 1. The summed E-state index contributed by atoms with van der Waals surface area (Å²) in [5, 5.41) is 7.36. The Morgan fingerprint density at radius 1 is 1.03 bits per heavy atom. The molecule has 1 N–H and O–H groups in total. The van der Waals surface area contributed by atoms with E-state index in [1.54, 1.807) is 38.1 Å². The zero-order valence-corrected chi connectivity index (χ0v) is 20.5. The van der Waals surface area contributed by atoms with Gasteiger partial charge >= 0.3 is 5.97 Å². The Hall–Kier alpha value is -4.30. The molecular weight excluding hydrogens is 474 g/mol. The maximum absolute atomic E-state index is 13.4. The number of rotatable bonds is 6. The van der Waals surface area contributed by atoms with Crippen LogP contribution >= 0.6 is 11.3 Å². The Kier molecular flexibility index (Phi) is 6.35. The number of ether oxygens (including phenoxy) is 1. The van der Waals surface area contributed by atoms with E-state index in [9.17, 15) is 14.4 Å². The average Bonchev–Trinajstić information content (AvgIpc) is 3.30. The van der Waals surface area contributed by atoms with Crippen molar-refractivity contribution in [1.29, 1.82) is 0 Å². The number of hydrogen-bond donors (Lipinski definition) is 1. The fourth-order valence-electron chi connectivity index (χ4n) is 4.01. The second-order valence-corrected chi connectivity index (χ2v) is 9.51. The number of hydrogen-bond acceptors (Lipinski definition) is 6. The highest BCUT2D eigenvalue weighted by atomic mass is 32.1. The van der Waals surface area contributed by atoms with Gasteiger partial charge in [-0.2, -0.15) is 0 Å². The average molecular weight is 498 g/mol. The number of esters is 1. The number of thiophene rings is 1. The van der Waals surface area contributed by atoms with Gasteiger partial charge in [0.2, 0.25) is 5.91 Å². The molecular formula is C28H23N3O4S. The van der Waals surface area contributed by atoms with E-state index < -0.39 is 11.9 Å². The third-order valence-electron chi connectivity index (χ3n) is 5.66. The van der Waals surface area contributed by atoms with Gasteiger partial charge < -0.3 is 10.1 Å². The lowest BCUT2D eigenvalue weighted by Gasteiger charge is -2.10. The standard InChI is InChI=1S/C28H23N3O4S/c1-17(2)35-28(34)21-8-5-9-22(13-21)30-24(32)14-31-16-29-26-25(27(31)33)23(15-36-26)20-11-10-18-6-3-4-7-19(18)12-20/h3-13,15-17H,14H2,1-2H3,(H,30,32). The predicted octanol–water partition coefficient (Wildman–Crippen LogP) is 5.48. The van der Waals surface area contributed by atoms with E-state index >= 15 is 0 Å². The van der Waals surface area contributed by atoms with Crippen LogP contribution in [-0.4, -0.2) is 27.5 Å². The first-order valence-corrected chi connectivity index (χ1v) is 12.3. The van der Waals surface area contributed by atoms with Gasteiger partial charge in [-0.3, -0.25) is 14.2 Å². The summed E-state index contributed by atoms with van der Waals surface area (Å²) >= 11 is 1.40. The molecule has 0 aliphatic carbocycles. The van der Waals surface area contributed by atoms with Gasteiger partial charge in [-0.25, -0.2) is 9.78 Å². The number of carbonyl (C=O) groups is 2. The van der Waals surface area contributed by atoms with Gasteiger partial charge in [-0.15, -0.1) is 11.3 Å². The molecule has 0 spiro atoms. The van der Waals surface area contributed by atoms with E-state index in [0.29, 0.717) is 21.5 Å². The molecule has 8 heteroatoms. The van der Waals surface area contributed by atoms with Crippen LogP contribution in [-0.2, 0) is 16.1 Å². The molecule has 0 bridgehead atoms. The summed E-state index contributed by atoms with van der Waals surface area (Å²) in [6.07, 6.45) is 1.14. The lowest BCUT2D eigenvalue weighted by molar-refractivity contribution is -0.116. The van der Waals surface area contributed by atoms with Crippen LogP contribution in [0.15, 0.2) is 83.2 Å². The molecule has 0 radical (unpaired) electrons. The summed E-state index contributed by atoms with van der Waals surface area (Å²) in [6.45, 7) is 3.32. The number of aromatic nitrogens is 2. The molecule has 5 aromatic rings. The van der Waals surface area contributed by atoms with Crippen LogP contribution < -0.4 is 10.9 Å². The molecule has 0 fully saturated rings. The van der Waals surface area contributed by atoms with E-state index in [1.165, 1.54) is 22.2 Å². The second kappa shape index (κ2) is 9.75. The van der Waals surface area contributed by atoms with Gasteiger partial charge in [0.1, 0.15) is 11.4 Å². The highest BCUT2D eigenvalue weighted by Gasteiger charge is 2.16. The van der Waals surface area contributed by atoms with E-state index in [0.717, 1.165) is 21.9 Å². The van der Waals surface area contributed by atoms with Crippen molar-refractivity contribution < 1.29 is 14.3 Å². The van der Waals surface area contributed by atoms with Crippen LogP contribution in [0.4, 0.5) is 5.69 Å². The highest BCUT2D eigenvalue weighted by molar-refractivity contribution is 7.17. The van der Waals surface area contributed by atoms with Gasteiger partial charge in [0, 0.05) is 16.6 Å². The van der Waals surface area contributed by atoms with Crippen molar-refractivity contribution in [3.05, 3.63) is 94.4 Å². The fraction of sp³-hybridized carbons (Fsp3) is 0.143. The number of fused-ring (bicyclic) bond motifs is 2. The molecule has 7 nitrogen and oxygen atoms in total. The minimum Gasteiger partial charge on any atom is -0.459 e. The first kappa shape index (κ1) is 23.4. The normalized spacial score (nSPS) is 11.2.